The number of methoxy groups -OCH3 is 1. The number of fused-ring (bicyclic) bond motifs is 1. The maximum absolute atomic E-state index is 6.02. The Morgan fingerprint density at radius 1 is 1.16 bits per heavy atom. The van der Waals surface area contributed by atoms with E-state index in [1.807, 2.05) is 42.5 Å². The first-order chi connectivity index (χ1) is 9.28. The van der Waals surface area contributed by atoms with Gasteiger partial charge in [-0.2, -0.15) is 0 Å². The molecule has 0 radical (unpaired) electrons. The third-order valence-corrected chi connectivity index (χ3v) is 3.43. The van der Waals surface area contributed by atoms with Crippen molar-refractivity contribution in [3.8, 4) is 11.5 Å². The van der Waals surface area contributed by atoms with E-state index >= 15 is 0 Å². The maximum atomic E-state index is 6.02. The molecule has 0 aliphatic carbocycles. The largest absolute Gasteiger partial charge is 0.542 e. The molecule has 1 aliphatic rings. The van der Waals surface area contributed by atoms with E-state index in [2.05, 4.69) is 18.2 Å². The van der Waals surface area contributed by atoms with E-state index in [0.717, 1.165) is 17.0 Å². The summed E-state index contributed by atoms with van der Waals surface area (Å²) in [5, 5.41) is 3.46. The SMILES string of the molecule is COc1cccc(B2NC(C)c3ccccc3O2)c1. The summed E-state index contributed by atoms with van der Waals surface area (Å²) >= 11 is 0. The summed E-state index contributed by atoms with van der Waals surface area (Å²) in [7, 11) is 1.53. The number of ether oxygens (including phenoxy) is 1. The van der Waals surface area contributed by atoms with Gasteiger partial charge in [0.1, 0.15) is 11.5 Å². The fraction of sp³-hybridized carbons (Fsp3) is 0.200. The second-order valence-corrected chi connectivity index (χ2v) is 4.70. The van der Waals surface area contributed by atoms with Crippen molar-refractivity contribution in [3.05, 3.63) is 54.1 Å². The van der Waals surface area contributed by atoms with Gasteiger partial charge in [-0.25, -0.2) is 0 Å². The molecule has 3 rings (SSSR count). The van der Waals surface area contributed by atoms with Crippen LogP contribution < -0.4 is 20.1 Å². The molecule has 0 bridgehead atoms. The molecule has 19 heavy (non-hydrogen) atoms. The summed E-state index contributed by atoms with van der Waals surface area (Å²) in [6, 6.07) is 16.4. The molecule has 0 saturated carbocycles. The highest BCUT2D eigenvalue weighted by molar-refractivity contribution is 6.66. The predicted molar refractivity (Wildman–Crippen MR) is 77.0 cm³/mol. The van der Waals surface area contributed by atoms with E-state index < -0.39 is 0 Å². The Balaban J connectivity index is 1.92. The minimum atomic E-state index is -0.139. The van der Waals surface area contributed by atoms with Crippen molar-refractivity contribution >= 4 is 12.5 Å². The molecule has 4 heteroatoms. The first kappa shape index (κ1) is 12.1. The molecule has 0 amide bonds. The van der Waals surface area contributed by atoms with E-state index in [4.69, 9.17) is 9.39 Å². The van der Waals surface area contributed by atoms with Crippen LogP contribution in [0.3, 0.4) is 0 Å². The number of para-hydroxylation sites is 1. The Kier molecular flexibility index (Phi) is 3.17. The normalized spacial score (nSPS) is 17.6. The van der Waals surface area contributed by atoms with E-state index in [-0.39, 0.29) is 13.1 Å². The van der Waals surface area contributed by atoms with Crippen molar-refractivity contribution in [1.82, 2.24) is 5.23 Å². The van der Waals surface area contributed by atoms with Gasteiger partial charge in [0.25, 0.3) is 0 Å². The van der Waals surface area contributed by atoms with Gasteiger partial charge in [0.2, 0.25) is 0 Å². The zero-order valence-corrected chi connectivity index (χ0v) is 11.1. The molecule has 0 aromatic heterocycles. The Morgan fingerprint density at radius 2 is 2.00 bits per heavy atom. The summed E-state index contributed by atoms with van der Waals surface area (Å²) in [5.41, 5.74) is 2.27. The molecule has 1 N–H and O–H groups in total. The first-order valence-electron chi connectivity index (χ1n) is 6.43. The number of rotatable bonds is 2. The van der Waals surface area contributed by atoms with Crippen molar-refractivity contribution < 1.29 is 9.39 Å². The van der Waals surface area contributed by atoms with Crippen molar-refractivity contribution in [2.75, 3.05) is 7.11 Å². The zero-order chi connectivity index (χ0) is 13.2. The van der Waals surface area contributed by atoms with Crippen LogP contribution in [0.5, 0.6) is 11.5 Å². The lowest BCUT2D eigenvalue weighted by Gasteiger charge is -2.29. The van der Waals surface area contributed by atoms with Crippen molar-refractivity contribution in [1.29, 1.82) is 0 Å². The third-order valence-electron chi connectivity index (χ3n) is 3.43. The summed E-state index contributed by atoms with van der Waals surface area (Å²) in [5.74, 6) is 1.79. The molecule has 1 heterocycles. The highest BCUT2D eigenvalue weighted by atomic mass is 16.5. The lowest BCUT2D eigenvalue weighted by atomic mass is 9.70. The molecular formula is C15H16BNO2. The highest BCUT2D eigenvalue weighted by Gasteiger charge is 2.30. The summed E-state index contributed by atoms with van der Waals surface area (Å²) in [4.78, 5) is 0. The van der Waals surface area contributed by atoms with Gasteiger partial charge in [-0.15, -0.1) is 0 Å². The molecule has 96 valence electrons. The van der Waals surface area contributed by atoms with Crippen LogP contribution in [0.1, 0.15) is 18.5 Å². The molecule has 2 aromatic carbocycles. The Labute approximate surface area is 113 Å². The first-order valence-corrected chi connectivity index (χ1v) is 6.43. The van der Waals surface area contributed by atoms with Gasteiger partial charge >= 0.3 is 7.05 Å². The van der Waals surface area contributed by atoms with Gasteiger partial charge in [-0.05, 0) is 30.6 Å². The van der Waals surface area contributed by atoms with E-state index in [1.54, 1.807) is 7.11 Å². The second kappa shape index (κ2) is 4.98. The molecule has 3 nitrogen and oxygen atoms in total. The zero-order valence-electron chi connectivity index (χ0n) is 11.1. The molecule has 2 aromatic rings. The maximum Gasteiger partial charge on any atom is 0.483 e. The fourth-order valence-corrected chi connectivity index (χ4v) is 2.39. The number of hydrogen-bond donors (Lipinski definition) is 1. The number of hydrogen-bond acceptors (Lipinski definition) is 3. The highest BCUT2D eigenvalue weighted by Crippen LogP contribution is 2.28. The molecule has 1 unspecified atom stereocenters. The van der Waals surface area contributed by atoms with Crippen molar-refractivity contribution in [3.63, 3.8) is 0 Å². The van der Waals surface area contributed by atoms with Crippen LogP contribution >= 0.6 is 0 Å². The van der Waals surface area contributed by atoms with Gasteiger partial charge < -0.3 is 14.6 Å². The van der Waals surface area contributed by atoms with Crippen LogP contribution in [-0.4, -0.2) is 14.2 Å². The minimum Gasteiger partial charge on any atom is -0.542 e. The molecule has 1 aliphatic heterocycles. The van der Waals surface area contributed by atoms with E-state index in [1.165, 1.54) is 5.56 Å². The van der Waals surface area contributed by atoms with E-state index in [9.17, 15) is 0 Å². The lowest BCUT2D eigenvalue weighted by molar-refractivity contribution is 0.415. The van der Waals surface area contributed by atoms with Gasteiger partial charge in [-0.3, -0.25) is 0 Å². The van der Waals surface area contributed by atoms with Crippen LogP contribution in [0.2, 0.25) is 0 Å². The Bertz CT molecular complexity index is 588. The number of benzene rings is 2. The van der Waals surface area contributed by atoms with Crippen LogP contribution in [0, 0.1) is 0 Å². The van der Waals surface area contributed by atoms with Crippen LogP contribution in [0.25, 0.3) is 0 Å². The number of nitrogens with one attached hydrogen (secondary N) is 1. The second-order valence-electron chi connectivity index (χ2n) is 4.70. The molecule has 0 saturated heterocycles. The third kappa shape index (κ3) is 2.31. The molecule has 0 spiro atoms. The Morgan fingerprint density at radius 3 is 2.84 bits per heavy atom. The smallest absolute Gasteiger partial charge is 0.483 e. The molecule has 1 atom stereocenters. The van der Waals surface area contributed by atoms with Crippen LogP contribution in [0.15, 0.2) is 48.5 Å². The monoisotopic (exact) mass is 253 g/mol. The van der Waals surface area contributed by atoms with Crippen molar-refractivity contribution in [2.24, 2.45) is 0 Å². The van der Waals surface area contributed by atoms with Crippen LogP contribution in [-0.2, 0) is 0 Å². The molecular weight excluding hydrogens is 237 g/mol. The van der Waals surface area contributed by atoms with Gasteiger partial charge in [0, 0.05) is 11.6 Å². The fourth-order valence-electron chi connectivity index (χ4n) is 2.39. The predicted octanol–water partition coefficient (Wildman–Crippen LogP) is 2.13. The van der Waals surface area contributed by atoms with Gasteiger partial charge in [0.05, 0.1) is 7.11 Å². The van der Waals surface area contributed by atoms with E-state index in [0.29, 0.717) is 0 Å². The Hall–Kier alpha value is -1.94. The minimum absolute atomic E-state index is 0.139. The average Bonchev–Trinajstić information content (AvgIpc) is 2.47. The van der Waals surface area contributed by atoms with Gasteiger partial charge in [-0.1, -0.05) is 30.3 Å². The summed E-state index contributed by atoms with van der Waals surface area (Å²) in [6.45, 7) is 2.15. The standard InChI is InChI=1S/C15H16BNO2/c1-11-14-8-3-4-9-15(14)19-16(17-11)12-6-5-7-13(10-12)18-2/h3-11,17H,1-2H3. The quantitative estimate of drug-likeness (QED) is 0.832. The van der Waals surface area contributed by atoms with Crippen molar-refractivity contribution in [2.45, 2.75) is 13.0 Å². The summed E-state index contributed by atoms with van der Waals surface area (Å²) in [6.07, 6.45) is 0. The topological polar surface area (TPSA) is 30.5 Å². The lowest BCUT2D eigenvalue weighted by Crippen LogP contribution is -2.53. The average molecular weight is 253 g/mol. The van der Waals surface area contributed by atoms with Crippen LogP contribution in [0.4, 0.5) is 0 Å². The van der Waals surface area contributed by atoms with Gasteiger partial charge in [0.15, 0.2) is 0 Å². The summed E-state index contributed by atoms with van der Waals surface area (Å²) < 4.78 is 11.3. The molecule has 0 fully saturated rings.